The van der Waals surface area contributed by atoms with E-state index in [1.165, 1.54) is 57.0 Å². The summed E-state index contributed by atoms with van der Waals surface area (Å²) in [6.07, 6.45) is 0. The van der Waals surface area contributed by atoms with Crippen LogP contribution in [0.2, 0.25) is 0 Å². The Morgan fingerprint density at radius 2 is 0.706 bits per heavy atom. The number of benzene rings is 3. The van der Waals surface area contributed by atoms with E-state index in [0.717, 1.165) is 5.56 Å². The molecule has 0 nitrogen and oxygen atoms in total. The summed E-state index contributed by atoms with van der Waals surface area (Å²) in [5, 5.41) is 0. The van der Waals surface area contributed by atoms with Crippen LogP contribution in [0, 0.1) is 62.3 Å². The molecule has 0 fully saturated rings. The molecule has 0 aliphatic carbocycles. The van der Waals surface area contributed by atoms with Crippen LogP contribution in [-0.4, -0.2) is 0 Å². The van der Waals surface area contributed by atoms with Crippen LogP contribution in [0.3, 0.4) is 0 Å². The van der Waals surface area contributed by atoms with E-state index in [-0.39, 0.29) is 7.43 Å². The van der Waals surface area contributed by atoms with Gasteiger partial charge in [-0.05, 0) is 95.7 Å². The quantitative estimate of drug-likeness (QED) is 0.310. The highest BCUT2D eigenvalue weighted by molar-refractivity contribution is 8.76. The van der Waals surface area contributed by atoms with Crippen molar-refractivity contribution in [1.29, 1.82) is 0 Å². The van der Waals surface area contributed by atoms with Crippen LogP contribution >= 0.6 is 32.8 Å². The van der Waals surface area contributed by atoms with Crippen molar-refractivity contribution in [3.8, 4) is 0 Å². The standard InChI is InChI=1S/C18H22S2.C9H11F3S.CH4/c1-11-7-13(3)17(14(4)8-11)19-20-18-15(5)9-12(2)10-16(18)6;1-6-4-7(2)9(8(3)5-6)13(10,11)12;/h7-10H,1-6H3;4-5H,1-3H3;1H4. The van der Waals surface area contributed by atoms with Crippen molar-refractivity contribution in [3.05, 3.63) is 86.5 Å². The molecule has 0 radical (unpaired) electrons. The number of hydrogen-bond donors (Lipinski definition) is 0. The first-order valence-corrected chi connectivity index (χ1v) is 14.2. The monoisotopic (exact) mass is 526 g/mol. The maximum Gasteiger partial charge on any atom is 0.238 e. The highest BCUT2D eigenvalue weighted by Gasteiger charge is 2.28. The molecule has 34 heavy (non-hydrogen) atoms. The highest BCUT2D eigenvalue weighted by Crippen LogP contribution is 2.62. The van der Waals surface area contributed by atoms with Gasteiger partial charge in [-0.3, -0.25) is 0 Å². The van der Waals surface area contributed by atoms with E-state index in [0.29, 0.717) is 11.1 Å². The molecule has 188 valence electrons. The molecule has 3 aromatic rings. The van der Waals surface area contributed by atoms with Crippen molar-refractivity contribution in [2.45, 2.75) is 84.4 Å². The third-order valence-corrected chi connectivity index (χ3v) is 9.32. The maximum atomic E-state index is 12.5. The van der Waals surface area contributed by atoms with Crippen LogP contribution in [0.15, 0.2) is 51.1 Å². The first-order valence-electron chi connectivity index (χ1n) is 10.7. The fourth-order valence-corrected chi connectivity index (χ4v) is 8.07. The van der Waals surface area contributed by atoms with Crippen molar-refractivity contribution < 1.29 is 11.7 Å². The van der Waals surface area contributed by atoms with Crippen molar-refractivity contribution in [2.75, 3.05) is 0 Å². The Hall–Kier alpha value is -1.50. The Morgan fingerprint density at radius 1 is 0.471 bits per heavy atom. The van der Waals surface area contributed by atoms with Gasteiger partial charge < -0.3 is 0 Å². The van der Waals surface area contributed by atoms with E-state index in [4.69, 9.17) is 0 Å². The van der Waals surface area contributed by atoms with Gasteiger partial charge in [-0.2, -0.15) is 0 Å². The summed E-state index contributed by atoms with van der Waals surface area (Å²) in [4.78, 5) is 2.39. The second kappa shape index (κ2) is 12.5. The zero-order valence-electron chi connectivity index (χ0n) is 20.8. The van der Waals surface area contributed by atoms with E-state index in [1.54, 1.807) is 19.1 Å². The normalized spacial score (nSPS) is 11.4. The first-order chi connectivity index (χ1) is 15.2. The summed E-state index contributed by atoms with van der Waals surface area (Å²) >= 11 is -5.08. The second-order valence-corrected chi connectivity index (χ2v) is 12.1. The average Bonchev–Trinajstić information content (AvgIpc) is 2.60. The van der Waals surface area contributed by atoms with Gasteiger partial charge in [-0.25, -0.2) is 0 Å². The maximum absolute atomic E-state index is 12.5. The minimum Gasteiger partial charge on any atom is -0.120 e. The molecule has 0 N–H and O–H groups in total. The average molecular weight is 527 g/mol. The Kier molecular flexibility index (Phi) is 11.2. The summed E-state index contributed by atoms with van der Waals surface area (Å²) in [5.41, 5.74) is 9.74. The Balaban J connectivity index is 0.000000360. The van der Waals surface area contributed by atoms with Crippen LogP contribution in [0.25, 0.3) is 0 Å². The van der Waals surface area contributed by atoms with Crippen molar-refractivity contribution in [3.63, 3.8) is 0 Å². The predicted octanol–water partition coefficient (Wildman–Crippen LogP) is 11.4. The molecule has 6 heteroatoms. The molecule has 0 amide bonds. The van der Waals surface area contributed by atoms with Crippen molar-refractivity contribution in [2.24, 2.45) is 0 Å². The lowest BCUT2D eigenvalue weighted by Crippen LogP contribution is -1.92. The zero-order valence-corrected chi connectivity index (χ0v) is 23.3. The van der Waals surface area contributed by atoms with Crippen LogP contribution in [0.1, 0.15) is 57.5 Å². The van der Waals surface area contributed by atoms with Gasteiger partial charge in [0.25, 0.3) is 0 Å². The molecule has 0 aliphatic rings. The Labute approximate surface area is 214 Å². The van der Waals surface area contributed by atoms with E-state index >= 15 is 0 Å². The summed E-state index contributed by atoms with van der Waals surface area (Å²) in [6, 6.07) is 12.2. The smallest absolute Gasteiger partial charge is 0.120 e. The van der Waals surface area contributed by atoms with E-state index in [2.05, 4.69) is 65.8 Å². The lowest BCUT2D eigenvalue weighted by molar-refractivity contribution is 0.630. The van der Waals surface area contributed by atoms with E-state index in [9.17, 15) is 11.7 Å². The van der Waals surface area contributed by atoms with Gasteiger partial charge in [0.15, 0.2) is 0 Å². The molecule has 3 aromatic carbocycles. The molecule has 0 saturated heterocycles. The van der Waals surface area contributed by atoms with Crippen LogP contribution in [0.5, 0.6) is 0 Å². The zero-order chi connectivity index (χ0) is 25.1. The SMILES string of the molecule is C.Cc1cc(C)c(S(F)(F)F)c(C)c1.Cc1cc(C)c(SSc2c(C)cc(C)cc2C)c(C)c1. The highest BCUT2D eigenvalue weighted by atomic mass is 33.1. The summed E-state index contributed by atoms with van der Waals surface area (Å²) in [5.74, 6) is 0. The molecule has 0 spiro atoms. The number of halogens is 3. The fourth-order valence-electron chi connectivity index (χ4n) is 4.21. The van der Waals surface area contributed by atoms with Crippen LogP contribution in [-0.2, 0) is 0 Å². The summed E-state index contributed by atoms with van der Waals surface area (Å²) in [6.45, 7) is 18.0. The molecule has 0 aromatic heterocycles. The third kappa shape index (κ3) is 8.03. The van der Waals surface area contributed by atoms with Gasteiger partial charge in [0, 0.05) is 9.79 Å². The molecule has 0 unspecified atom stereocenters. The molecule has 0 atom stereocenters. The van der Waals surface area contributed by atoms with Crippen molar-refractivity contribution >= 4 is 32.8 Å². The molecule has 0 saturated carbocycles. The Bertz CT molecular complexity index is 1020. The lowest BCUT2D eigenvalue weighted by atomic mass is 10.1. The van der Waals surface area contributed by atoms with E-state index < -0.39 is 16.1 Å². The molecule has 0 aliphatic heterocycles. The number of hydrogen-bond acceptors (Lipinski definition) is 2. The largest absolute Gasteiger partial charge is 0.238 e. The van der Waals surface area contributed by atoms with Gasteiger partial charge in [0.05, 0.1) is 4.90 Å². The molecular formula is C28H37F3S3. The van der Waals surface area contributed by atoms with Gasteiger partial charge >= 0.3 is 0 Å². The van der Waals surface area contributed by atoms with Gasteiger partial charge in [-0.1, -0.05) is 82.1 Å². The van der Waals surface area contributed by atoms with Gasteiger partial charge in [0.2, 0.25) is 11.2 Å². The predicted molar refractivity (Wildman–Crippen MR) is 150 cm³/mol. The van der Waals surface area contributed by atoms with Gasteiger partial charge in [-0.15, -0.1) is 11.7 Å². The number of aryl methyl sites for hydroxylation is 9. The fraction of sp³-hybridized carbons (Fsp3) is 0.357. The second-order valence-electron chi connectivity index (χ2n) is 8.76. The Morgan fingerprint density at radius 3 is 0.941 bits per heavy atom. The summed E-state index contributed by atoms with van der Waals surface area (Å²) in [7, 11) is 3.77. The molecule has 0 heterocycles. The number of rotatable bonds is 4. The molecule has 0 bridgehead atoms. The van der Waals surface area contributed by atoms with Crippen LogP contribution in [0.4, 0.5) is 11.7 Å². The molecule has 3 rings (SSSR count). The minimum atomic E-state index is -5.08. The van der Waals surface area contributed by atoms with Crippen molar-refractivity contribution in [1.82, 2.24) is 0 Å². The lowest BCUT2D eigenvalue weighted by Gasteiger charge is -2.16. The summed E-state index contributed by atoms with van der Waals surface area (Å²) < 4.78 is 37.6. The van der Waals surface area contributed by atoms with Gasteiger partial charge in [0.1, 0.15) is 0 Å². The topological polar surface area (TPSA) is 0 Å². The minimum absolute atomic E-state index is 0. The first kappa shape index (κ1) is 30.5. The van der Waals surface area contributed by atoms with E-state index in [1.807, 2.05) is 21.6 Å². The van der Waals surface area contributed by atoms with Crippen LogP contribution < -0.4 is 0 Å². The molecular weight excluding hydrogens is 490 g/mol. The third-order valence-electron chi connectivity index (χ3n) is 5.25.